The lowest BCUT2D eigenvalue weighted by Gasteiger charge is -2.10. The number of hydrogen-bond acceptors (Lipinski definition) is 8. The van der Waals surface area contributed by atoms with Gasteiger partial charge in [-0.2, -0.15) is 0 Å². The van der Waals surface area contributed by atoms with Crippen molar-refractivity contribution in [2.24, 2.45) is 11.5 Å². The number of hydrogen-bond donors (Lipinski definition) is 2. The van der Waals surface area contributed by atoms with Gasteiger partial charge >= 0.3 is 22.3 Å². The molecule has 100 valence electrons. The van der Waals surface area contributed by atoms with Crippen molar-refractivity contribution in [1.29, 1.82) is 0 Å². The summed E-state index contributed by atoms with van der Waals surface area (Å²) in [7, 11) is -4.75. The Morgan fingerprint density at radius 1 is 1.00 bits per heavy atom. The first-order valence-electron chi connectivity index (χ1n) is 4.96. The standard InChI is InChI=1S/C8H16N2O6S/c1-3-5(9)7(11)15-17(13,14)16-8(12)6(10)4-2/h5-6H,3-4,9-10H2,1-2H3/t5-,6-/m0/s1. The zero-order valence-electron chi connectivity index (χ0n) is 9.58. The summed E-state index contributed by atoms with van der Waals surface area (Å²) >= 11 is 0. The number of rotatable bonds is 6. The van der Waals surface area contributed by atoms with Crippen LogP contribution in [0, 0.1) is 0 Å². The van der Waals surface area contributed by atoms with Crippen LogP contribution >= 0.6 is 0 Å². The van der Waals surface area contributed by atoms with Crippen LogP contribution in [0.3, 0.4) is 0 Å². The molecule has 0 aliphatic heterocycles. The maximum atomic E-state index is 11.1. The summed E-state index contributed by atoms with van der Waals surface area (Å²) in [6.45, 7) is 3.13. The molecule has 8 nitrogen and oxygen atoms in total. The number of nitrogens with two attached hydrogens (primary N) is 2. The highest BCUT2D eigenvalue weighted by molar-refractivity contribution is 7.82. The first kappa shape index (κ1) is 15.8. The zero-order valence-corrected chi connectivity index (χ0v) is 10.4. The molecule has 9 heteroatoms. The highest BCUT2D eigenvalue weighted by atomic mass is 32.3. The van der Waals surface area contributed by atoms with Crippen LogP contribution in [-0.4, -0.2) is 32.4 Å². The van der Waals surface area contributed by atoms with E-state index >= 15 is 0 Å². The van der Waals surface area contributed by atoms with E-state index in [0.717, 1.165) is 0 Å². The van der Waals surface area contributed by atoms with E-state index < -0.39 is 34.4 Å². The molecule has 0 saturated carbocycles. The highest BCUT2D eigenvalue weighted by Gasteiger charge is 2.27. The van der Waals surface area contributed by atoms with Gasteiger partial charge in [0.15, 0.2) is 0 Å². The first-order valence-corrected chi connectivity index (χ1v) is 6.29. The van der Waals surface area contributed by atoms with E-state index in [0.29, 0.717) is 0 Å². The fraction of sp³-hybridized carbons (Fsp3) is 0.750. The summed E-state index contributed by atoms with van der Waals surface area (Å²) in [5.41, 5.74) is 10.5. The lowest BCUT2D eigenvalue weighted by molar-refractivity contribution is -0.139. The molecule has 0 aromatic carbocycles. The highest BCUT2D eigenvalue weighted by Crippen LogP contribution is 2.03. The molecule has 0 heterocycles. The lowest BCUT2D eigenvalue weighted by Crippen LogP contribution is -2.37. The second-order valence-corrected chi connectivity index (χ2v) is 4.39. The second kappa shape index (κ2) is 6.52. The summed E-state index contributed by atoms with van der Waals surface area (Å²) in [5, 5.41) is 0. The van der Waals surface area contributed by atoms with E-state index in [4.69, 9.17) is 11.5 Å². The first-order chi connectivity index (χ1) is 7.73. The smallest absolute Gasteiger partial charge is 0.318 e. The van der Waals surface area contributed by atoms with E-state index in [9.17, 15) is 18.0 Å². The van der Waals surface area contributed by atoms with Gasteiger partial charge in [-0.05, 0) is 12.8 Å². The van der Waals surface area contributed by atoms with Crippen molar-refractivity contribution in [3.63, 3.8) is 0 Å². The van der Waals surface area contributed by atoms with Crippen molar-refractivity contribution < 1.29 is 26.4 Å². The number of carbonyl (C=O) groups excluding carboxylic acids is 2. The molecule has 0 fully saturated rings. The predicted octanol–water partition coefficient (Wildman–Crippen LogP) is -1.21. The second-order valence-electron chi connectivity index (χ2n) is 3.24. The minimum Gasteiger partial charge on any atom is -0.318 e. The maximum absolute atomic E-state index is 11.1. The Balaban J connectivity index is 4.51. The van der Waals surface area contributed by atoms with Crippen molar-refractivity contribution in [1.82, 2.24) is 0 Å². The molecule has 4 N–H and O–H groups in total. The molecule has 2 atom stereocenters. The largest absolute Gasteiger partial charge is 0.506 e. The fourth-order valence-corrected chi connectivity index (χ4v) is 1.36. The summed E-state index contributed by atoms with van der Waals surface area (Å²) in [6.07, 6.45) is 0.382. The molecule has 0 aliphatic rings. The van der Waals surface area contributed by atoms with Crippen LogP contribution in [0.15, 0.2) is 0 Å². The summed E-state index contributed by atoms with van der Waals surface area (Å²) in [5.74, 6) is -2.38. The molecule has 0 unspecified atom stereocenters. The quantitative estimate of drug-likeness (QED) is 0.611. The Morgan fingerprint density at radius 2 is 1.29 bits per heavy atom. The SMILES string of the molecule is CC[C@H](N)C(=O)OS(=O)(=O)OC(=O)[C@@H](N)CC. The van der Waals surface area contributed by atoms with Gasteiger partial charge < -0.3 is 19.8 Å². The van der Waals surface area contributed by atoms with Crippen LogP contribution in [-0.2, 0) is 28.4 Å². The zero-order chi connectivity index (χ0) is 13.6. The van der Waals surface area contributed by atoms with E-state index in [2.05, 4.69) is 8.37 Å². The third-order valence-corrected chi connectivity index (χ3v) is 2.59. The molecule has 0 radical (unpaired) electrons. The van der Waals surface area contributed by atoms with Gasteiger partial charge in [0, 0.05) is 0 Å². The fourth-order valence-electron chi connectivity index (χ4n) is 0.675. The molecular weight excluding hydrogens is 252 g/mol. The van der Waals surface area contributed by atoms with E-state index in [1.807, 2.05) is 0 Å². The average molecular weight is 268 g/mol. The molecule has 0 aromatic rings. The van der Waals surface area contributed by atoms with Crippen molar-refractivity contribution in [3.8, 4) is 0 Å². The average Bonchev–Trinajstić information content (AvgIpc) is 2.25. The molecule has 0 bridgehead atoms. The van der Waals surface area contributed by atoms with E-state index in [-0.39, 0.29) is 12.8 Å². The Labute approximate surface area is 99.6 Å². The predicted molar refractivity (Wildman–Crippen MR) is 57.6 cm³/mol. The van der Waals surface area contributed by atoms with Crippen LogP contribution < -0.4 is 11.5 Å². The summed E-state index contributed by atoms with van der Waals surface area (Å²) in [4.78, 5) is 22.1. The summed E-state index contributed by atoms with van der Waals surface area (Å²) in [6, 6.07) is -2.19. The summed E-state index contributed by atoms with van der Waals surface area (Å²) < 4.78 is 30.1. The van der Waals surface area contributed by atoms with E-state index in [1.165, 1.54) is 0 Å². The topological polar surface area (TPSA) is 139 Å². The maximum Gasteiger partial charge on any atom is 0.506 e. The monoisotopic (exact) mass is 268 g/mol. The molecular formula is C8H16N2O6S. The molecule has 0 aliphatic carbocycles. The van der Waals surface area contributed by atoms with Gasteiger partial charge in [0.2, 0.25) is 0 Å². The molecule has 0 aromatic heterocycles. The third kappa shape index (κ3) is 5.61. The van der Waals surface area contributed by atoms with Gasteiger partial charge in [0.1, 0.15) is 12.1 Å². The van der Waals surface area contributed by atoms with Crippen molar-refractivity contribution in [3.05, 3.63) is 0 Å². The van der Waals surface area contributed by atoms with E-state index in [1.54, 1.807) is 13.8 Å². The van der Waals surface area contributed by atoms with Crippen molar-refractivity contribution in [2.45, 2.75) is 38.8 Å². The van der Waals surface area contributed by atoms with Gasteiger partial charge in [-0.3, -0.25) is 0 Å². The van der Waals surface area contributed by atoms with Crippen LogP contribution in [0.25, 0.3) is 0 Å². The van der Waals surface area contributed by atoms with Crippen molar-refractivity contribution >= 4 is 22.3 Å². The normalized spacial score (nSPS) is 14.8. The minimum absolute atomic E-state index is 0.191. The molecule has 17 heavy (non-hydrogen) atoms. The van der Waals surface area contributed by atoms with Gasteiger partial charge in [-0.1, -0.05) is 13.8 Å². The van der Waals surface area contributed by atoms with Crippen molar-refractivity contribution in [2.75, 3.05) is 0 Å². The Morgan fingerprint density at radius 3 is 1.53 bits per heavy atom. The van der Waals surface area contributed by atoms with Gasteiger partial charge in [-0.15, -0.1) is 8.42 Å². The molecule has 0 spiro atoms. The number of carbonyl (C=O) groups is 2. The Kier molecular flexibility index (Phi) is 6.07. The van der Waals surface area contributed by atoms with Crippen LogP contribution in [0.5, 0.6) is 0 Å². The third-order valence-electron chi connectivity index (χ3n) is 1.85. The van der Waals surface area contributed by atoms with Gasteiger partial charge in [-0.25, -0.2) is 9.59 Å². The Bertz CT molecular complexity index is 349. The van der Waals surface area contributed by atoms with Gasteiger partial charge in [0.25, 0.3) is 0 Å². The van der Waals surface area contributed by atoms with Crippen LogP contribution in [0.4, 0.5) is 0 Å². The van der Waals surface area contributed by atoms with Gasteiger partial charge in [0.05, 0.1) is 0 Å². The minimum atomic E-state index is -4.75. The molecule has 0 saturated heterocycles. The van der Waals surface area contributed by atoms with Crippen LogP contribution in [0.1, 0.15) is 26.7 Å². The lowest BCUT2D eigenvalue weighted by atomic mass is 10.2. The molecule has 0 rings (SSSR count). The van der Waals surface area contributed by atoms with Crippen LogP contribution in [0.2, 0.25) is 0 Å². The Hall–Kier alpha value is -1.19. The molecule has 0 amide bonds.